The van der Waals surface area contributed by atoms with Gasteiger partial charge in [0.15, 0.2) is 0 Å². The molecule has 0 aliphatic carbocycles. The molecule has 132 valence electrons. The van der Waals surface area contributed by atoms with Crippen LogP contribution in [0.3, 0.4) is 0 Å². The quantitative estimate of drug-likeness (QED) is 0.634. The lowest BCUT2D eigenvalue weighted by atomic mass is 10.1. The van der Waals surface area contributed by atoms with Crippen LogP contribution in [0.1, 0.15) is 22.8 Å². The zero-order valence-corrected chi connectivity index (χ0v) is 14.1. The normalized spacial score (nSPS) is 16.7. The molecule has 2 rings (SSSR count). The van der Waals surface area contributed by atoms with Gasteiger partial charge < -0.3 is 19.3 Å². The van der Waals surface area contributed by atoms with E-state index in [1.165, 1.54) is 0 Å². The van der Waals surface area contributed by atoms with E-state index in [-0.39, 0.29) is 12.1 Å². The molecule has 1 atom stereocenters. The smallest absolute Gasteiger partial charge is 0.320 e. The first-order valence-electron chi connectivity index (χ1n) is 7.68. The number of fused-ring (bicyclic) bond motifs is 1. The first-order chi connectivity index (χ1) is 11.5. The van der Waals surface area contributed by atoms with E-state index < -0.39 is 5.91 Å². The number of likely N-dealkylation sites (N-methyl/N-ethyl adjacent to an activating group) is 1. The van der Waals surface area contributed by atoms with Crippen LogP contribution in [0.25, 0.3) is 0 Å². The van der Waals surface area contributed by atoms with Gasteiger partial charge in [0.2, 0.25) is 0 Å². The maximum absolute atomic E-state index is 12.6. The Bertz CT molecular complexity index is 607. The molecule has 3 amide bonds. The lowest BCUT2D eigenvalue weighted by molar-refractivity contribution is 0.0706. The molecule has 0 unspecified atom stereocenters. The highest BCUT2D eigenvalue weighted by atomic mass is 16.5. The highest BCUT2D eigenvalue weighted by Gasteiger charge is 2.28. The van der Waals surface area contributed by atoms with Gasteiger partial charge in [-0.2, -0.15) is 0 Å². The molecular formula is C16H23N3O5. The van der Waals surface area contributed by atoms with Crippen molar-refractivity contribution in [3.63, 3.8) is 0 Å². The number of methoxy groups -OCH3 is 1. The zero-order chi connectivity index (χ0) is 17.7. The Morgan fingerprint density at radius 3 is 2.92 bits per heavy atom. The standard InChI is InChI=1S/C16H23N3O5/c1-11-10-24-14-8-12(15(20)17-22)4-5-13(14)9-19(11)16(21)18(2)6-7-23-3/h4-5,8,11,22H,6-7,9-10H2,1-3H3,(H,17,20)/t11-/m0/s1. The maximum Gasteiger partial charge on any atom is 0.320 e. The largest absolute Gasteiger partial charge is 0.491 e. The van der Waals surface area contributed by atoms with Crippen LogP contribution in [0, 0.1) is 0 Å². The molecule has 0 spiro atoms. The van der Waals surface area contributed by atoms with Gasteiger partial charge in [0.1, 0.15) is 12.4 Å². The Morgan fingerprint density at radius 1 is 1.50 bits per heavy atom. The van der Waals surface area contributed by atoms with Crippen LogP contribution < -0.4 is 10.2 Å². The van der Waals surface area contributed by atoms with Crippen LogP contribution >= 0.6 is 0 Å². The number of nitrogens with one attached hydrogen (secondary N) is 1. The number of amides is 3. The Balaban J connectivity index is 2.19. The van der Waals surface area contributed by atoms with Gasteiger partial charge in [0, 0.05) is 31.8 Å². The molecule has 0 aromatic heterocycles. The zero-order valence-electron chi connectivity index (χ0n) is 14.1. The second-order valence-corrected chi connectivity index (χ2v) is 5.75. The summed E-state index contributed by atoms with van der Waals surface area (Å²) in [4.78, 5) is 27.5. The first kappa shape index (κ1) is 18.0. The van der Waals surface area contributed by atoms with Gasteiger partial charge in [-0.05, 0) is 19.1 Å². The molecule has 0 saturated heterocycles. The third kappa shape index (κ3) is 3.95. The van der Waals surface area contributed by atoms with E-state index in [1.54, 1.807) is 47.6 Å². The molecular weight excluding hydrogens is 314 g/mol. The van der Waals surface area contributed by atoms with E-state index in [0.717, 1.165) is 5.56 Å². The summed E-state index contributed by atoms with van der Waals surface area (Å²) in [6, 6.07) is 4.66. The fourth-order valence-electron chi connectivity index (χ4n) is 2.46. The molecule has 1 aromatic rings. The Labute approximate surface area is 140 Å². The number of ether oxygens (including phenoxy) is 2. The SMILES string of the molecule is COCCN(C)C(=O)N1Cc2ccc(C(=O)NO)cc2OC[C@@H]1C. The molecule has 1 aliphatic rings. The van der Waals surface area contributed by atoms with Crippen molar-refractivity contribution < 1.29 is 24.3 Å². The molecule has 0 saturated carbocycles. The van der Waals surface area contributed by atoms with E-state index >= 15 is 0 Å². The van der Waals surface area contributed by atoms with Crippen LogP contribution in [0.2, 0.25) is 0 Å². The lowest BCUT2D eigenvalue weighted by Gasteiger charge is -2.30. The molecule has 0 radical (unpaired) electrons. The van der Waals surface area contributed by atoms with Gasteiger partial charge in [0.25, 0.3) is 5.91 Å². The number of hydrogen-bond donors (Lipinski definition) is 2. The van der Waals surface area contributed by atoms with E-state index in [1.807, 2.05) is 6.92 Å². The van der Waals surface area contributed by atoms with Gasteiger partial charge in [-0.25, -0.2) is 10.3 Å². The van der Waals surface area contributed by atoms with Crippen molar-refractivity contribution in [2.45, 2.75) is 19.5 Å². The van der Waals surface area contributed by atoms with Crippen LogP contribution in [0.15, 0.2) is 18.2 Å². The number of carbonyl (C=O) groups is 2. The van der Waals surface area contributed by atoms with Crippen molar-refractivity contribution in [1.82, 2.24) is 15.3 Å². The number of carbonyl (C=O) groups excluding carboxylic acids is 2. The van der Waals surface area contributed by atoms with Crippen molar-refractivity contribution in [2.24, 2.45) is 0 Å². The summed E-state index contributed by atoms with van der Waals surface area (Å²) in [5, 5.41) is 8.73. The first-order valence-corrected chi connectivity index (χ1v) is 7.68. The monoisotopic (exact) mass is 337 g/mol. The Kier molecular flexibility index (Phi) is 5.99. The lowest BCUT2D eigenvalue weighted by Crippen LogP contribution is -2.47. The van der Waals surface area contributed by atoms with E-state index in [0.29, 0.717) is 37.6 Å². The molecule has 1 aromatic carbocycles. The summed E-state index contributed by atoms with van der Waals surface area (Å²) >= 11 is 0. The number of benzene rings is 1. The number of rotatable bonds is 4. The molecule has 0 bridgehead atoms. The van der Waals surface area contributed by atoms with Crippen LogP contribution in [0.5, 0.6) is 5.75 Å². The summed E-state index contributed by atoms with van der Waals surface area (Å²) in [6.07, 6.45) is 0. The van der Waals surface area contributed by atoms with Crippen molar-refractivity contribution >= 4 is 11.9 Å². The fourth-order valence-corrected chi connectivity index (χ4v) is 2.46. The highest BCUT2D eigenvalue weighted by molar-refractivity contribution is 5.93. The van der Waals surface area contributed by atoms with Gasteiger partial charge in [0.05, 0.1) is 19.2 Å². The summed E-state index contributed by atoms with van der Waals surface area (Å²) in [5.41, 5.74) is 2.70. The van der Waals surface area contributed by atoms with Crippen molar-refractivity contribution in [2.75, 3.05) is 33.9 Å². The van der Waals surface area contributed by atoms with E-state index in [4.69, 9.17) is 14.7 Å². The van der Waals surface area contributed by atoms with E-state index in [9.17, 15) is 9.59 Å². The van der Waals surface area contributed by atoms with Crippen molar-refractivity contribution in [3.05, 3.63) is 29.3 Å². The van der Waals surface area contributed by atoms with Crippen LogP contribution in [-0.4, -0.2) is 66.9 Å². The molecule has 8 heteroatoms. The molecule has 2 N–H and O–H groups in total. The second-order valence-electron chi connectivity index (χ2n) is 5.75. The molecule has 24 heavy (non-hydrogen) atoms. The average molecular weight is 337 g/mol. The summed E-state index contributed by atoms with van der Waals surface area (Å²) in [6.45, 7) is 3.59. The average Bonchev–Trinajstić information content (AvgIpc) is 2.76. The number of nitrogens with zero attached hydrogens (tertiary/aromatic N) is 2. The van der Waals surface area contributed by atoms with Crippen molar-refractivity contribution in [1.29, 1.82) is 0 Å². The third-order valence-corrected chi connectivity index (χ3v) is 3.99. The third-order valence-electron chi connectivity index (χ3n) is 3.99. The predicted octanol–water partition coefficient (Wildman–Crippen LogP) is 1.09. The van der Waals surface area contributed by atoms with Gasteiger partial charge in [-0.3, -0.25) is 10.0 Å². The van der Waals surface area contributed by atoms with Gasteiger partial charge >= 0.3 is 6.03 Å². The minimum atomic E-state index is -0.606. The summed E-state index contributed by atoms with van der Waals surface area (Å²) in [5.74, 6) is -0.0660. The van der Waals surface area contributed by atoms with Crippen molar-refractivity contribution in [3.8, 4) is 5.75 Å². The Morgan fingerprint density at radius 2 is 2.25 bits per heavy atom. The number of hydrogen-bond acceptors (Lipinski definition) is 5. The van der Waals surface area contributed by atoms with Gasteiger partial charge in [-0.15, -0.1) is 0 Å². The van der Waals surface area contributed by atoms with Crippen LogP contribution in [0.4, 0.5) is 4.79 Å². The minimum Gasteiger partial charge on any atom is -0.491 e. The second kappa shape index (κ2) is 7.98. The van der Waals surface area contributed by atoms with E-state index in [2.05, 4.69) is 0 Å². The fraction of sp³-hybridized carbons (Fsp3) is 0.500. The summed E-state index contributed by atoms with van der Waals surface area (Å²) in [7, 11) is 3.33. The molecule has 1 heterocycles. The van der Waals surface area contributed by atoms with Gasteiger partial charge in [-0.1, -0.05) is 6.07 Å². The summed E-state index contributed by atoms with van der Waals surface area (Å²) < 4.78 is 10.7. The topological polar surface area (TPSA) is 91.3 Å². The maximum atomic E-state index is 12.6. The highest BCUT2D eigenvalue weighted by Crippen LogP contribution is 2.27. The van der Waals surface area contributed by atoms with Crippen LogP contribution in [-0.2, 0) is 11.3 Å². The molecule has 1 aliphatic heterocycles. The number of urea groups is 1. The minimum absolute atomic E-state index is 0.104. The molecule has 0 fully saturated rings. The number of hydroxylamine groups is 1. The Hall–Kier alpha value is -2.32. The predicted molar refractivity (Wildman–Crippen MR) is 86.1 cm³/mol. The molecule has 8 nitrogen and oxygen atoms in total.